The molecule has 1 aliphatic carbocycles. The van der Waals surface area contributed by atoms with E-state index in [0.717, 1.165) is 44.1 Å². The highest BCUT2D eigenvalue weighted by molar-refractivity contribution is 5.77. The zero-order valence-electron chi connectivity index (χ0n) is 23.4. The summed E-state index contributed by atoms with van der Waals surface area (Å²) in [6.45, 7) is 7.22. The largest absolute Gasteiger partial charge is 0.444 e. The van der Waals surface area contributed by atoms with Crippen LogP contribution in [0.3, 0.4) is 0 Å². The molecule has 212 valence electrons. The van der Waals surface area contributed by atoms with Gasteiger partial charge in [-0.05, 0) is 58.4 Å². The number of nitrogens with zero attached hydrogens (tertiary/aromatic N) is 5. The number of aryl methyl sites for hydroxylation is 1. The summed E-state index contributed by atoms with van der Waals surface area (Å²) in [6.07, 6.45) is 8.12. The van der Waals surface area contributed by atoms with Gasteiger partial charge in [-0.2, -0.15) is 5.06 Å². The summed E-state index contributed by atoms with van der Waals surface area (Å²) in [5.74, 6) is 1.00. The molecule has 3 aliphatic rings. The highest BCUT2D eigenvalue weighted by atomic mass is 16.7. The van der Waals surface area contributed by atoms with Crippen LogP contribution in [-0.2, 0) is 22.6 Å². The van der Waals surface area contributed by atoms with Gasteiger partial charge in [-0.3, -0.25) is 4.84 Å². The van der Waals surface area contributed by atoms with Crippen LogP contribution in [0.2, 0.25) is 0 Å². The number of benzene rings is 1. The second-order valence-electron chi connectivity index (χ2n) is 11.9. The third kappa shape index (κ3) is 6.72. The van der Waals surface area contributed by atoms with Gasteiger partial charge in [0.1, 0.15) is 18.2 Å². The molecule has 3 amide bonds. The number of hydrogen-bond donors (Lipinski definition) is 0. The predicted molar refractivity (Wildman–Crippen MR) is 143 cm³/mol. The molecular weight excluding hydrogens is 498 g/mol. The second kappa shape index (κ2) is 11.9. The fourth-order valence-electron chi connectivity index (χ4n) is 5.81. The van der Waals surface area contributed by atoms with Gasteiger partial charge in [0.25, 0.3) is 0 Å². The van der Waals surface area contributed by atoms with E-state index in [1.54, 1.807) is 4.90 Å². The summed E-state index contributed by atoms with van der Waals surface area (Å²) in [5.41, 5.74) is 0.494. The first kappa shape index (κ1) is 27.4. The Balaban J connectivity index is 1.16. The van der Waals surface area contributed by atoms with Crippen molar-refractivity contribution in [1.82, 2.24) is 25.1 Å². The van der Waals surface area contributed by atoms with E-state index in [1.807, 2.05) is 56.0 Å². The average molecular weight is 540 g/mol. The molecule has 2 aromatic rings. The lowest BCUT2D eigenvalue weighted by atomic mass is 9.94. The molecule has 2 saturated heterocycles. The summed E-state index contributed by atoms with van der Waals surface area (Å²) < 4.78 is 11.8. The molecule has 0 spiro atoms. The Morgan fingerprint density at radius 3 is 2.59 bits per heavy atom. The first-order valence-electron chi connectivity index (χ1n) is 14.4. The minimum atomic E-state index is -0.528. The molecule has 3 heterocycles. The Labute approximate surface area is 230 Å². The molecule has 2 bridgehead atoms. The van der Waals surface area contributed by atoms with Crippen molar-refractivity contribution < 1.29 is 23.6 Å². The molecule has 3 fully saturated rings. The smallest absolute Gasteiger partial charge is 0.410 e. The van der Waals surface area contributed by atoms with Crippen LogP contribution in [-0.4, -0.2) is 68.0 Å². The van der Waals surface area contributed by atoms with Gasteiger partial charge in [0.2, 0.25) is 11.8 Å². The first-order chi connectivity index (χ1) is 18.8. The molecule has 0 radical (unpaired) electrons. The van der Waals surface area contributed by atoms with Gasteiger partial charge in [-0.1, -0.05) is 49.6 Å². The molecule has 0 N–H and O–H groups in total. The number of carbonyl (C=O) groups is 2. The quantitative estimate of drug-likeness (QED) is 0.406. The number of piperidine rings is 1. The van der Waals surface area contributed by atoms with Gasteiger partial charge >= 0.3 is 12.1 Å². The van der Waals surface area contributed by atoms with Crippen molar-refractivity contribution in [2.24, 2.45) is 0 Å². The maximum atomic E-state index is 13.1. The lowest BCUT2D eigenvalue weighted by Gasteiger charge is -2.35. The number of hydroxylamine groups is 2. The number of aromatic nitrogens is 2. The summed E-state index contributed by atoms with van der Waals surface area (Å²) in [6, 6.07) is 9.69. The van der Waals surface area contributed by atoms with E-state index < -0.39 is 5.60 Å². The number of fused-ring (bicyclic) bond motifs is 2. The average Bonchev–Trinajstić information content (AvgIpc) is 3.48. The summed E-state index contributed by atoms with van der Waals surface area (Å²) in [5, 5.41) is 10.1. The van der Waals surface area contributed by atoms with E-state index >= 15 is 0 Å². The highest BCUT2D eigenvalue weighted by Gasteiger charge is 2.47. The van der Waals surface area contributed by atoms with Crippen LogP contribution >= 0.6 is 0 Å². The van der Waals surface area contributed by atoms with E-state index in [2.05, 4.69) is 10.2 Å². The molecule has 10 heteroatoms. The van der Waals surface area contributed by atoms with E-state index in [4.69, 9.17) is 14.0 Å². The van der Waals surface area contributed by atoms with Crippen LogP contribution in [0.25, 0.3) is 0 Å². The van der Waals surface area contributed by atoms with Crippen molar-refractivity contribution in [2.75, 3.05) is 13.1 Å². The van der Waals surface area contributed by atoms with Crippen LogP contribution in [0.1, 0.15) is 95.5 Å². The minimum Gasteiger partial charge on any atom is -0.444 e. The molecule has 1 aromatic heterocycles. The van der Waals surface area contributed by atoms with E-state index in [1.165, 1.54) is 11.5 Å². The number of urea groups is 1. The maximum absolute atomic E-state index is 13.1. The third-order valence-electron chi connectivity index (χ3n) is 7.74. The first-order valence-corrected chi connectivity index (χ1v) is 14.4. The molecule has 5 rings (SSSR count). The lowest BCUT2D eigenvalue weighted by molar-refractivity contribution is -0.140. The van der Waals surface area contributed by atoms with Gasteiger partial charge in [0, 0.05) is 25.6 Å². The number of ether oxygens (including phenoxy) is 1. The maximum Gasteiger partial charge on any atom is 0.410 e. The van der Waals surface area contributed by atoms with E-state index in [-0.39, 0.29) is 30.2 Å². The van der Waals surface area contributed by atoms with Crippen LogP contribution in [0, 0.1) is 0 Å². The molecule has 10 nitrogen and oxygen atoms in total. The fraction of sp³-hybridized carbons (Fsp3) is 0.655. The van der Waals surface area contributed by atoms with Gasteiger partial charge in [-0.15, -0.1) is 10.2 Å². The highest BCUT2D eigenvalue weighted by Crippen LogP contribution is 2.38. The number of carbonyl (C=O) groups excluding carboxylic acids is 2. The molecule has 2 atom stereocenters. The Kier molecular flexibility index (Phi) is 8.40. The van der Waals surface area contributed by atoms with Crippen molar-refractivity contribution in [2.45, 2.75) is 109 Å². The van der Waals surface area contributed by atoms with Crippen LogP contribution in [0.15, 0.2) is 34.7 Å². The van der Waals surface area contributed by atoms with E-state index in [0.29, 0.717) is 44.3 Å². The SMILES string of the molecule is CC(C)(C)OC(=O)N(CCCc1nnc(C2CCC3CN2C(=O)N3OCc2ccccc2)o1)C1CCCCC1. The summed E-state index contributed by atoms with van der Waals surface area (Å²) >= 11 is 0. The molecule has 2 aliphatic heterocycles. The Morgan fingerprint density at radius 2 is 1.85 bits per heavy atom. The van der Waals surface area contributed by atoms with Crippen molar-refractivity contribution in [3.05, 3.63) is 47.7 Å². The standard InChI is InChI=1S/C29H41N5O5/c1-29(2,3)39-28(36)32(22-13-8-5-9-14-22)18-10-15-25-30-31-26(38-25)24-17-16-23-19-33(24)27(35)34(23)37-20-21-11-6-4-7-12-21/h4,6-7,11-12,22-24H,5,8-10,13-20H2,1-3H3. The number of hydrogen-bond acceptors (Lipinski definition) is 7. The molecule has 2 unspecified atom stereocenters. The Bertz CT molecular complexity index is 1110. The minimum absolute atomic E-state index is 0.0264. The zero-order chi connectivity index (χ0) is 27.4. The normalized spacial score (nSPS) is 21.9. The monoisotopic (exact) mass is 539 g/mol. The van der Waals surface area contributed by atoms with Crippen molar-refractivity contribution in [1.29, 1.82) is 0 Å². The summed E-state index contributed by atoms with van der Waals surface area (Å²) in [7, 11) is 0. The van der Waals surface area contributed by atoms with Gasteiger partial charge in [0.15, 0.2) is 0 Å². The summed E-state index contributed by atoms with van der Waals surface area (Å²) in [4.78, 5) is 35.7. The molecule has 39 heavy (non-hydrogen) atoms. The van der Waals surface area contributed by atoms with Crippen molar-refractivity contribution >= 4 is 12.1 Å². The predicted octanol–water partition coefficient (Wildman–Crippen LogP) is 5.64. The van der Waals surface area contributed by atoms with Crippen LogP contribution < -0.4 is 0 Å². The molecule has 1 aromatic carbocycles. The van der Waals surface area contributed by atoms with Crippen LogP contribution in [0.5, 0.6) is 0 Å². The van der Waals surface area contributed by atoms with E-state index in [9.17, 15) is 9.59 Å². The van der Waals surface area contributed by atoms with Crippen molar-refractivity contribution in [3.63, 3.8) is 0 Å². The number of amides is 3. The van der Waals surface area contributed by atoms with Crippen LogP contribution in [0.4, 0.5) is 9.59 Å². The Hall–Kier alpha value is -3.14. The van der Waals surface area contributed by atoms with Gasteiger partial charge in [-0.25, -0.2) is 9.59 Å². The molecular formula is C29H41N5O5. The van der Waals surface area contributed by atoms with Crippen molar-refractivity contribution in [3.8, 4) is 0 Å². The molecule has 1 saturated carbocycles. The third-order valence-corrected chi connectivity index (χ3v) is 7.74. The lowest BCUT2D eigenvalue weighted by Crippen LogP contribution is -2.44. The van der Waals surface area contributed by atoms with Gasteiger partial charge in [0.05, 0.1) is 6.04 Å². The topological polar surface area (TPSA) is 101 Å². The fourth-order valence-corrected chi connectivity index (χ4v) is 5.81. The van der Waals surface area contributed by atoms with Gasteiger partial charge < -0.3 is 19.0 Å². The zero-order valence-corrected chi connectivity index (χ0v) is 23.4. The Morgan fingerprint density at radius 1 is 1.08 bits per heavy atom. The number of rotatable bonds is 9. The second-order valence-corrected chi connectivity index (χ2v) is 11.9.